The first-order valence-corrected chi connectivity index (χ1v) is 8.13. The predicted octanol–water partition coefficient (Wildman–Crippen LogP) is 3.26. The molecule has 0 saturated heterocycles. The summed E-state index contributed by atoms with van der Waals surface area (Å²) in [5.41, 5.74) is 2.48. The largest absolute Gasteiger partial charge is 0.325 e. The summed E-state index contributed by atoms with van der Waals surface area (Å²) in [5.74, 6) is -0.268. The lowest BCUT2D eigenvalue weighted by Crippen LogP contribution is -2.33. The number of allylic oxidation sites excluding steroid dienone is 3. The number of hydrogen-bond acceptors (Lipinski definition) is 3. The van der Waals surface area contributed by atoms with Crippen molar-refractivity contribution in [1.82, 2.24) is 5.32 Å². The molecule has 0 fully saturated rings. The molecular weight excluding hydrogens is 296 g/mol. The van der Waals surface area contributed by atoms with Crippen LogP contribution in [0.15, 0.2) is 58.1 Å². The molecule has 3 rings (SSSR count). The van der Waals surface area contributed by atoms with Gasteiger partial charge in [0.2, 0.25) is 5.91 Å². The molecule has 0 aromatic carbocycles. The van der Waals surface area contributed by atoms with Gasteiger partial charge in [0.15, 0.2) is 0 Å². The molecule has 1 atom stereocenters. The van der Waals surface area contributed by atoms with Crippen molar-refractivity contribution in [3.05, 3.63) is 58.0 Å². The Bertz CT molecular complexity index is 724. The minimum atomic E-state index is -0.253. The van der Waals surface area contributed by atoms with E-state index in [0.717, 1.165) is 24.1 Å². The number of fused-ring (bicyclic) bond motifs is 1. The van der Waals surface area contributed by atoms with Gasteiger partial charge >= 0.3 is 0 Å². The van der Waals surface area contributed by atoms with Crippen LogP contribution in [0.3, 0.4) is 0 Å². The van der Waals surface area contributed by atoms with Crippen LogP contribution >= 0.6 is 11.3 Å². The Morgan fingerprint density at radius 2 is 2.27 bits per heavy atom. The van der Waals surface area contributed by atoms with Crippen LogP contribution in [-0.2, 0) is 4.79 Å². The van der Waals surface area contributed by atoms with Crippen LogP contribution in [0.25, 0.3) is 0 Å². The number of amides is 2. The molecule has 0 saturated carbocycles. The molecule has 1 aliphatic heterocycles. The summed E-state index contributed by atoms with van der Waals surface area (Å²) in [6, 6.07) is 3.58. The summed E-state index contributed by atoms with van der Waals surface area (Å²) in [5, 5.41) is 4.70. The molecule has 1 aromatic rings. The fraction of sp³-hybridized carbons (Fsp3) is 0.235. The minimum absolute atomic E-state index is 0.0911. The predicted molar refractivity (Wildman–Crippen MR) is 87.9 cm³/mol. The Balaban J connectivity index is 1.86. The van der Waals surface area contributed by atoms with Crippen LogP contribution in [-0.4, -0.2) is 17.5 Å². The van der Waals surface area contributed by atoms with Gasteiger partial charge in [-0.15, -0.1) is 11.3 Å². The molecule has 4 nitrogen and oxygen atoms in total. The van der Waals surface area contributed by atoms with E-state index in [4.69, 9.17) is 0 Å². The lowest BCUT2D eigenvalue weighted by molar-refractivity contribution is -0.116. The Hall–Kier alpha value is -2.27. The van der Waals surface area contributed by atoms with E-state index < -0.39 is 0 Å². The second-order valence-electron chi connectivity index (χ2n) is 5.21. The summed E-state index contributed by atoms with van der Waals surface area (Å²) in [6.07, 6.45) is 9.19. The van der Waals surface area contributed by atoms with E-state index in [-0.39, 0.29) is 17.7 Å². The molecule has 1 aliphatic carbocycles. The number of nitrogens with zero attached hydrogens (tertiary/aromatic N) is 1. The van der Waals surface area contributed by atoms with Gasteiger partial charge in [0.1, 0.15) is 0 Å². The minimum Gasteiger partial charge on any atom is -0.325 e. The van der Waals surface area contributed by atoms with Gasteiger partial charge < -0.3 is 5.32 Å². The lowest BCUT2D eigenvalue weighted by atomic mass is 9.85. The average molecular weight is 312 g/mol. The van der Waals surface area contributed by atoms with Gasteiger partial charge in [-0.1, -0.05) is 31.1 Å². The molecule has 112 valence electrons. The number of carbonyl (C=O) groups excluding carboxylic acids is 2. The molecule has 1 aromatic heterocycles. The van der Waals surface area contributed by atoms with Crippen molar-refractivity contribution in [3.63, 3.8) is 0 Å². The summed E-state index contributed by atoms with van der Waals surface area (Å²) < 4.78 is 0. The van der Waals surface area contributed by atoms with Crippen LogP contribution in [0.2, 0.25) is 0 Å². The zero-order valence-corrected chi connectivity index (χ0v) is 13.0. The van der Waals surface area contributed by atoms with Crippen LogP contribution < -0.4 is 5.32 Å². The smallest absolute Gasteiger partial charge is 0.287 e. The van der Waals surface area contributed by atoms with Crippen molar-refractivity contribution in [1.29, 1.82) is 0 Å². The first kappa shape index (κ1) is 14.7. The maximum Gasteiger partial charge on any atom is 0.287 e. The summed E-state index contributed by atoms with van der Waals surface area (Å²) in [6.45, 7) is 2.09. The topological polar surface area (TPSA) is 58.5 Å². The SMILES string of the molecule is CCCC1=CC(=O)NC2=CC(=NC(=O)c3cccs3)C=CC12. The highest BCUT2D eigenvalue weighted by molar-refractivity contribution is 7.12. The molecular formula is C17H16N2O2S. The number of carbonyl (C=O) groups is 2. The number of aliphatic imine (C=N–C) groups is 1. The zero-order valence-electron chi connectivity index (χ0n) is 12.2. The fourth-order valence-electron chi connectivity index (χ4n) is 2.63. The van der Waals surface area contributed by atoms with Crippen molar-refractivity contribution in [3.8, 4) is 0 Å². The van der Waals surface area contributed by atoms with E-state index in [1.54, 1.807) is 18.2 Å². The van der Waals surface area contributed by atoms with Crippen LogP contribution in [0.5, 0.6) is 0 Å². The molecule has 1 unspecified atom stereocenters. The van der Waals surface area contributed by atoms with E-state index in [0.29, 0.717) is 10.6 Å². The van der Waals surface area contributed by atoms with Crippen LogP contribution in [0.4, 0.5) is 0 Å². The maximum atomic E-state index is 12.0. The Morgan fingerprint density at radius 1 is 1.41 bits per heavy atom. The third-order valence-corrected chi connectivity index (χ3v) is 4.44. The summed E-state index contributed by atoms with van der Waals surface area (Å²) >= 11 is 1.37. The zero-order chi connectivity index (χ0) is 15.5. The quantitative estimate of drug-likeness (QED) is 0.931. The first-order chi connectivity index (χ1) is 10.7. The van der Waals surface area contributed by atoms with Crippen LogP contribution in [0, 0.1) is 5.92 Å². The average Bonchev–Trinajstić information content (AvgIpc) is 3.01. The van der Waals surface area contributed by atoms with Crippen molar-refractivity contribution in [2.24, 2.45) is 10.9 Å². The molecule has 2 aliphatic rings. The van der Waals surface area contributed by atoms with E-state index in [1.165, 1.54) is 11.3 Å². The number of nitrogens with one attached hydrogen (secondary N) is 1. The summed E-state index contributed by atoms with van der Waals surface area (Å²) in [4.78, 5) is 28.5. The second-order valence-corrected chi connectivity index (χ2v) is 6.16. The van der Waals surface area contributed by atoms with Crippen molar-refractivity contribution in [2.45, 2.75) is 19.8 Å². The Kier molecular flexibility index (Phi) is 4.15. The van der Waals surface area contributed by atoms with E-state index in [2.05, 4.69) is 17.2 Å². The lowest BCUT2D eigenvalue weighted by Gasteiger charge is -2.27. The second kappa shape index (κ2) is 6.23. The molecule has 0 bridgehead atoms. The van der Waals surface area contributed by atoms with Crippen molar-refractivity contribution < 1.29 is 9.59 Å². The molecule has 22 heavy (non-hydrogen) atoms. The van der Waals surface area contributed by atoms with Gasteiger partial charge in [-0.2, -0.15) is 0 Å². The Labute approximate surface area is 133 Å². The molecule has 2 heterocycles. The fourth-order valence-corrected chi connectivity index (χ4v) is 3.24. The van der Waals surface area contributed by atoms with Crippen LogP contribution in [0.1, 0.15) is 29.4 Å². The number of hydrogen-bond donors (Lipinski definition) is 1. The van der Waals surface area contributed by atoms with Gasteiger partial charge in [0, 0.05) is 17.7 Å². The van der Waals surface area contributed by atoms with Gasteiger partial charge in [0.05, 0.1) is 10.6 Å². The molecule has 2 amide bonds. The summed E-state index contributed by atoms with van der Waals surface area (Å²) in [7, 11) is 0. The van der Waals surface area contributed by atoms with E-state index in [9.17, 15) is 9.59 Å². The first-order valence-electron chi connectivity index (χ1n) is 7.25. The van der Waals surface area contributed by atoms with E-state index in [1.807, 2.05) is 23.6 Å². The van der Waals surface area contributed by atoms with Crippen molar-refractivity contribution in [2.75, 3.05) is 0 Å². The normalized spacial score (nSPS) is 22.0. The molecule has 1 N–H and O–H groups in total. The monoisotopic (exact) mass is 312 g/mol. The number of thiophene rings is 1. The highest BCUT2D eigenvalue weighted by Crippen LogP contribution is 2.29. The van der Waals surface area contributed by atoms with Gasteiger partial charge in [-0.3, -0.25) is 9.59 Å². The standard InChI is InChI=1S/C17H16N2O2S/c1-2-4-11-9-16(20)19-14-10-12(6-7-13(11)14)18-17(21)15-5-3-8-22-15/h3,5-10,13H,2,4H2,1H3,(H,19,20). The van der Waals surface area contributed by atoms with Gasteiger partial charge in [-0.25, -0.2) is 4.99 Å². The molecule has 5 heteroatoms. The van der Waals surface area contributed by atoms with E-state index >= 15 is 0 Å². The maximum absolute atomic E-state index is 12.0. The molecule has 0 spiro atoms. The highest BCUT2D eigenvalue weighted by Gasteiger charge is 2.25. The highest BCUT2D eigenvalue weighted by atomic mass is 32.1. The third-order valence-electron chi connectivity index (χ3n) is 3.58. The molecule has 0 radical (unpaired) electrons. The van der Waals surface area contributed by atoms with Gasteiger partial charge in [-0.05, 0) is 30.0 Å². The number of rotatable bonds is 3. The third kappa shape index (κ3) is 2.99. The Morgan fingerprint density at radius 3 is 3.00 bits per heavy atom. The van der Waals surface area contributed by atoms with Crippen molar-refractivity contribution >= 4 is 28.9 Å². The van der Waals surface area contributed by atoms with Gasteiger partial charge in [0.25, 0.3) is 5.91 Å².